The molecule has 0 saturated heterocycles. The molecule has 1 heterocycles. The van der Waals surface area contributed by atoms with Gasteiger partial charge in [0, 0.05) is 0 Å². The Bertz CT molecular complexity index is 446. The average Bonchev–Trinajstić information content (AvgIpc) is 2.61. The molecule has 0 aliphatic heterocycles. The number of rotatable bonds is 2. The first-order valence-electron chi connectivity index (χ1n) is 4.30. The van der Waals surface area contributed by atoms with Gasteiger partial charge in [0.1, 0.15) is 0 Å². The predicted molar refractivity (Wildman–Crippen MR) is 52.1 cm³/mol. The normalized spacial score (nSPS) is 10.1. The minimum atomic E-state index is 0.286. The quantitative estimate of drug-likeness (QED) is 0.678. The third kappa shape index (κ3) is 1.33. The largest absolute Gasteiger partial charge is 0.352 e. The molecule has 0 radical (unpaired) electrons. The van der Waals surface area contributed by atoms with Gasteiger partial charge in [-0.25, -0.2) is 0 Å². The molecular weight excluding hydrogens is 178 g/mol. The molecule has 1 aromatic carbocycles. The lowest BCUT2D eigenvalue weighted by molar-refractivity contribution is 0.109. The van der Waals surface area contributed by atoms with Crippen molar-refractivity contribution in [2.75, 3.05) is 0 Å². The number of aryl methyl sites for hydroxylation is 1. The third-order valence-electron chi connectivity index (χ3n) is 2.06. The molecule has 0 amide bonds. The average molecular weight is 187 g/mol. The van der Waals surface area contributed by atoms with E-state index in [0.29, 0.717) is 6.29 Å². The molecule has 0 atom stereocenters. The second-order valence-electron chi connectivity index (χ2n) is 2.99. The molecule has 0 spiro atoms. The molecule has 0 bridgehead atoms. The van der Waals surface area contributed by atoms with Crippen molar-refractivity contribution in [3.63, 3.8) is 0 Å². The number of hydrogen-bond acceptors (Lipinski definition) is 3. The van der Waals surface area contributed by atoms with Crippen LogP contribution in [0.3, 0.4) is 0 Å². The van der Waals surface area contributed by atoms with Crippen molar-refractivity contribution >= 4 is 6.29 Å². The van der Waals surface area contributed by atoms with Gasteiger partial charge in [-0.3, -0.25) is 4.79 Å². The van der Waals surface area contributed by atoms with Crippen LogP contribution < -0.4 is 0 Å². The van der Waals surface area contributed by atoms with E-state index < -0.39 is 0 Å². The number of carbonyl (C=O) groups excluding carboxylic acids is 1. The second kappa shape index (κ2) is 3.46. The first-order valence-corrected chi connectivity index (χ1v) is 4.30. The van der Waals surface area contributed by atoms with E-state index in [1.54, 1.807) is 0 Å². The molecule has 0 aliphatic carbocycles. The number of carbonyl (C=O) groups is 1. The van der Waals surface area contributed by atoms with Gasteiger partial charge in [0.25, 0.3) is 0 Å². The predicted octanol–water partition coefficient (Wildman–Crippen LogP) is 2.46. The number of aldehydes is 1. The van der Waals surface area contributed by atoms with Crippen molar-refractivity contribution < 1.29 is 9.32 Å². The van der Waals surface area contributed by atoms with Gasteiger partial charge < -0.3 is 4.52 Å². The van der Waals surface area contributed by atoms with Gasteiger partial charge in [0.15, 0.2) is 6.29 Å². The van der Waals surface area contributed by atoms with Crippen LogP contribution in [0.2, 0.25) is 0 Å². The van der Waals surface area contributed by atoms with Crippen LogP contribution in [-0.2, 0) is 0 Å². The zero-order valence-corrected chi connectivity index (χ0v) is 7.73. The van der Waals surface area contributed by atoms with E-state index in [1.165, 1.54) is 0 Å². The monoisotopic (exact) mass is 187 g/mol. The van der Waals surface area contributed by atoms with Gasteiger partial charge in [-0.05, 0) is 12.5 Å². The fourth-order valence-electron chi connectivity index (χ4n) is 1.42. The Morgan fingerprint density at radius 3 is 2.64 bits per heavy atom. The number of benzene rings is 1. The molecule has 0 unspecified atom stereocenters. The number of hydrogen-bond donors (Lipinski definition) is 0. The highest BCUT2D eigenvalue weighted by molar-refractivity contribution is 5.85. The van der Waals surface area contributed by atoms with Crippen LogP contribution in [0.15, 0.2) is 34.9 Å². The van der Waals surface area contributed by atoms with Crippen molar-refractivity contribution in [2.24, 2.45) is 0 Å². The second-order valence-corrected chi connectivity index (χ2v) is 2.99. The summed E-state index contributed by atoms with van der Waals surface area (Å²) in [4.78, 5) is 10.7. The molecule has 70 valence electrons. The van der Waals surface area contributed by atoms with Crippen molar-refractivity contribution in [2.45, 2.75) is 6.92 Å². The molecule has 2 aromatic rings. The Morgan fingerprint density at radius 2 is 2.00 bits per heavy atom. The van der Waals surface area contributed by atoms with Gasteiger partial charge in [0.05, 0.1) is 11.3 Å². The summed E-state index contributed by atoms with van der Waals surface area (Å²) < 4.78 is 4.88. The minimum absolute atomic E-state index is 0.286. The molecule has 14 heavy (non-hydrogen) atoms. The summed E-state index contributed by atoms with van der Waals surface area (Å²) in [6, 6.07) is 9.60. The summed E-state index contributed by atoms with van der Waals surface area (Å²) >= 11 is 0. The minimum Gasteiger partial charge on any atom is -0.352 e. The first kappa shape index (κ1) is 8.69. The summed E-state index contributed by atoms with van der Waals surface area (Å²) in [5.74, 6) is 0.286. The molecule has 0 saturated carbocycles. The summed E-state index contributed by atoms with van der Waals surface area (Å²) in [6.07, 6.45) is 0.683. The van der Waals surface area contributed by atoms with Gasteiger partial charge in [-0.15, -0.1) is 0 Å². The molecule has 0 N–H and O–H groups in total. The summed E-state index contributed by atoms with van der Waals surface area (Å²) in [6.45, 7) is 1.82. The van der Waals surface area contributed by atoms with Gasteiger partial charge >= 0.3 is 0 Å². The lowest BCUT2D eigenvalue weighted by Crippen LogP contribution is -1.83. The van der Waals surface area contributed by atoms with Crippen molar-refractivity contribution in [3.8, 4) is 11.1 Å². The van der Waals surface area contributed by atoms with Crippen LogP contribution in [0, 0.1) is 6.92 Å². The maximum absolute atomic E-state index is 10.7. The van der Waals surface area contributed by atoms with Crippen LogP contribution in [0.4, 0.5) is 0 Å². The zero-order valence-electron chi connectivity index (χ0n) is 7.73. The van der Waals surface area contributed by atoms with Crippen molar-refractivity contribution in [1.29, 1.82) is 0 Å². The van der Waals surface area contributed by atoms with Gasteiger partial charge in [0.2, 0.25) is 5.76 Å². The fraction of sp³-hybridized carbons (Fsp3) is 0.0909. The maximum Gasteiger partial charge on any atom is 0.207 e. The smallest absolute Gasteiger partial charge is 0.207 e. The molecule has 3 heteroatoms. The Balaban J connectivity index is 2.61. The highest BCUT2D eigenvalue weighted by Crippen LogP contribution is 2.25. The molecule has 1 aromatic heterocycles. The van der Waals surface area contributed by atoms with Crippen LogP contribution in [0.25, 0.3) is 11.1 Å². The van der Waals surface area contributed by atoms with Crippen molar-refractivity contribution in [3.05, 3.63) is 41.8 Å². The first-order chi connectivity index (χ1) is 6.83. The number of nitrogens with zero attached hydrogens (tertiary/aromatic N) is 1. The summed E-state index contributed by atoms with van der Waals surface area (Å²) in [5, 5.41) is 3.76. The molecule has 0 fully saturated rings. The SMILES string of the molecule is Cc1noc(C=O)c1-c1ccccc1. The van der Waals surface area contributed by atoms with Crippen LogP contribution in [0.1, 0.15) is 16.2 Å². The van der Waals surface area contributed by atoms with E-state index in [0.717, 1.165) is 16.8 Å². The highest BCUT2D eigenvalue weighted by Gasteiger charge is 2.13. The fourth-order valence-corrected chi connectivity index (χ4v) is 1.42. The van der Waals surface area contributed by atoms with Crippen molar-refractivity contribution in [1.82, 2.24) is 5.16 Å². The van der Waals surface area contributed by atoms with Crippen LogP contribution >= 0.6 is 0 Å². The maximum atomic E-state index is 10.7. The Hall–Kier alpha value is -1.90. The van der Waals surface area contributed by atoms with Crippen LogP contribution in [0.5, 0.6) is 0 Å². The van der Waals surface area contributed by atoms with Crippen LogP contribution in [-0.4, -0.2) is 11.4 Å². The topological polar surface area (TPSA) is 43.1 Å². The molecule has 0 aliphatic rings. The molecule has 2 rings (SSSR count). The Labute approximate surface area is 81.3 Å². The van der Waals surface area contributed by atoms with E-state index >= 15 is 0 Å². The standard InChI is InChI=1S/C11H9NO2/c1-8-11(10(7-13)14-12-8)9-5-3-2-4-6-9/h2-7H,1H3. The Kier molecular flexibility index (Phi) is 2.14. The van der Waals surface area contributed by atoms with Gasteiger partial charge in [-0.1, -0.05) is 35.5 Å². The summed E-state index contributed by atoms with van der Waals surface area (Å²) in [7, 11) is 0. The lowest BCUT2D eigenvalue weighted by Gasteiger charge is -1.97. The molecule has 3 nitrogen and oxygen atoms in total. The molecular formula is C11H9NO2. The van der Waals surface area contributed by atoms with E-state index in [1.807, 2.05) is 37.3 Å². The lowest BCUT2D eigenvalue weighted by atomic mass is 10.0. The third-order valence-corrected chi connectivity index (χ3v) is 2.06. The van der Waals surface area contributed by atoms with Gasteiger partial charge in [-0.2, -0.15) is 0 Å². The van der Waals surface area contributed by atoms with E-state index in [-0.39, 0.29) is 5.76 Å². The number of aromatic nitrogens is 1. The highest BCUT2D eigenvalue weighted by atomic mass is 16.5. The van der Waals surface area contributed by atoms with E-state index in [2.05, 4.69) is 5.16 Å². The van der Waals surface area contributed by atoms with E-state index in [4.69, 9.17) is 4.52 Å². The Morgan fingerprint density at radius 1 is 1.29 bits per heavy atom. The van der Waals surface area contributed by atoms with E-state index in [9.17, 15) is 4.79 Å². The summed E-state index contributed by atoms with van der Waals surface area (Å²) in [5.41, 5.74) is 2.47. The zero-order chi connectivity index (χ0) is 9.97.